The molecule has 1 rings (SSSR count). The Morgan fingerprint density at radius 1 is 1.26 bits per heavy atom. The average Bonchev–Trinajstić information content (AvgIpc) is 2.25. The van der Waals surface area contributed by atoms with E-state index in [1.54, 1.807) is 0 Å². The van der Waals surface area contributed by atoms with Crippen molar-refractivity contribution in [2.45, 2.75) is 64.6 Å². The summed E-state index contributed by atoms with van der Waals surface area (Å²) in [6, 6.07) is 0.538. The maximum Gasteiger partial charge on any atom is 0.211 e. The van der Waals surface area contributed by atoms with E-state index in [0.29, 0.717) is 19.1 Å². The average molecular weight is 292 g/mol. The van der Waals surface area contributed by atoms with Crippen LogP contribution in [0.25, 0.3) is 0 Å². The van der Waals surface area contributed by atoms with Crippen molar-refractivity contribution in [3.8, 4) is 0 Å². The summed E-state index contributed by atoms with van der Waals surface area (Å²) in [7, 11) is -3.11. The monoisotopic (exact) mass is 292 g/mol. The van der Waals surface area contributed by atoms with Gasteiger partial charge in [0.15, 0.2) is 0 Å². The van der Waals surface area contributed by atoms with Gasteiger partial charge in [-0.1, -0.05) is 13.8 Å². The molecule has 114 valence electrons. The van der Waals surface area contributed by atoms with Gasteiger partial charge in [-0.3, -0.25) is 0 Å². The topological polar surface area (TPSA) is 67.4 Å². The molecule has 0 aromatic rings. The molecule has 0 bridgehead atoms. The highest BCUT2D eigenvalue weighted by Gasteiger charge is 2.32. The van der Waals surface area contributed by atoms with Crippen molar-refractivity contribution in [2.75, 3.05) is 18.9 Å². The third-order valence-corrected chi connectivity index (χ3v) is 4.75. The van der Waals surface area contributed by atoms with Crippen LogP contribution in [0.1, 0.15) is 46.5 Å². The summed E-state index contributed by atoms with van der Waals surface area (Å²) in [4.78, 5) is 0. The number of hydrogen-bond donors (Lipinski definition) is 2. The van der Waals surface area contributed by atoms with Crippen LogP contribution in [0.5, 0.6) is 0 Å². The van der Waals surface area contributed by atoms with Crippen LogP contribution in [0.3, 0.4) is 0 Å². The highest BCUT2D eigenvalue weighted by Crippen LogP contribution is 2.23. The van der Waals surface area contributed by atoms with Gasteiger partial charge in [0, 0.05) is 18.7 Å². The van der Waals surface area contributed by atoms with Gasteiger partial charge in [-0.25, -0.2) is 13.1 Å². The largest absolute Gasteiger partial charge is 0.378 e. The quantitative estimate of drug-likeness (QED) is 0.595. The highest BCUT2D eigenvalue weighted by atomic mass is 32.2. The van der Waals surface area contributed by atoms with Crippen LogP contribution in [-0.2, 0) is 14.8 Å². The lowest BCUT2D eigenvalue weighted by atomic mass is 9.90. The van der Waals surface area contributed by atoms with Crippen molar-refractivity contribution in [3.63, 3.8) is 0 Å². The van der Waals surface area contributed by atoms with Crippen LogP contribution in [0, 0.1) is 0 Å². The number of nitrogens with one attached hydrogen (secondary N) is 2. The minimum absolute atomic E-state index is 0.0790. The zero-order chi connectivity index (χ0) is 14.3. The van der Waals surface area contributed by atoms with Gasteiger partial charge in [-0.05, 0) is 39.2 Å². The molecule has 0 saturated heterocycles. The molecule has 19 heavy (non-hydrogen) atoms. The van der Waals surface area contributed by atoms with Crippen LogP contribution in [0.15, 0.2) is 0 Å². The fourth-order valence-electron chi connectivity index (χ4n) is 2.15. The molecular weight excluding hydrogens is 264 g/mol. The third kappa shape index (κ3) is 7.25. The Morgan fingerprint density at radius 2 is 1.95 bits per heavy atom. The molecule has 0 atom stereocenters. The lowest BCUT2D eigenvalue weighted by Gasteiger charge is -2.35. The molecular formula is C13H28N2O3S. The van der Waals surface area contributed by atoms with E-state index in [2.05, 4.69) is 23.9 Å². The van der Waals surface area contributed by atoms with Gasteiger partial charge in [0.1, 0.15) is 0 Å². The van der Waals surface area contributed by atoms with E-state index in [-0.39, 0.29) is 17.9 Å². The molecule has 5 nitrogen and oxygen atoms in total. The first-order valence-electron chi connectivity index (χ1n) is 7.28. The number of hydrogen-bond acceptors (Lipinski definition) is 4. The third-order valence-electron chi connectivity index (χ3n) is 3.24. The smallest absolute Gasteiger partial charge is 0.211 e. The second-order valence-electron chi connectivity index (χ2n) is 5.50. The first-order chi connectivity index (χ1) is 8.93. The summed E-state index contributed by atoms with van der Waals surface area (Å²) in [5.41, 5.74) is 0. The van der Waals surface area contributed by atoms with Crippen LogP contribution in [0.4, 0.5) is 0 Å². The maximum absolute atomic E-state index is 11.8. The van der Waals surface area contributed by atoms with E-state index in [1.807, 2.05) is 6.92 Å². The number of sulfonamides is 1. The molecule has 6 heteroatoms. The molecule has 0 heterocycles. The second kappa shape index (κ2) is 8.19. The van der Waals surface area contributed by atoms with Crippen LogP contribution in [0.2, 0.25) is 0 Å². The van der Waals surface area contributed by atoms with E-state index in [1.165, 1.54) is 0 Å². The molecule has 1 aliphatic carbocycles. The number of ether oxygens (including phenoxy) is 1. The summed E-state index contributed by atoms with van der Waals surface area (Å²) < 4.78 is 31.8. The molecule has 1 fully saturated rings. The minimum Gasteiger partial charge on any atom is -0.378 e. The van der Waals surface area contributed by atoms with Crippen molar-refractivity contribution in [1.82, 2.24) is 10.0 Å². The fourth-order valence-corrected chi connectivity index (χ4v) is 3.56. The summed E-state index contributed by atoms with van der Waals surface area (Å²) >= 11 is 0. The standard InChI is InChI=1S/C13H28N2O3S/c1-4-18-13-9-12(10-13)15-19(16,17)8-6-5-7-14-11(2)3/h11-15H,4-10H2,1-3H3. The van der Waals surface area contributed by atoms with Gasteiger partial charge in [0.2, 0.25) is 10.0 Å². The zero-order valence-corrected chi connectivity index (χ0v) is 13.1. The Morgan fingerprint density at radius 3 is 2.53 bits per heavy atom. The predicted molar refractivity (Wildman–Crippen MR) is 77.7 cm³/mol. The molecule has 0 aliphatic heterocycles. The second-order valence-corrected chi connectivity index (χ2v) is 7.37. The molecule has 0 radical (unpaired) electrons. The normalized spacial score (nSPS) is 23.6. The Balaban J connectivity index is 2.09. The van der Waals surface area contributed by atoms with Crippen molar-refractivity contribution >= 4 is 10.0 Å². The first-order valence-corrected chi connectivity index (χ1v) is 8.93. The molecule has 1 aliphatic rings. The van der Waals surface area contributed by atoms with Crippen molar-refractivity contribution in [3.05, 3.63) is 0 Å². The maximum atomic E-state index is 11.8. The van der Waals surface area contributed by atoms with Gasteiger partial charge in [-0.2, -0.15) is 0 Å². The van der Waals surface area contributed by atoms with Gasteiger partial charge < -0.3 is 10.1 Å². The Labute approximate surface area is 117 Å². The van der Waals surface area contributed by atoms with Crippen molar-refractivity contribution < 1.29 is 13.2 Å². The zero-order valence-electron chi connectivity index (χ0n) is 12.3. The van der Waals surface area contributed by atoms with Crippen LogP contribution in [-0.4, -0.2) is 45.5 Å². The lowest BCUT2D eigenvalue weighted by molar-refractivity contribution is -0.00475. The highest BCUT2D eigenvalue weighted by molar-refractivity contribution is 7.89. The predicted octanol–water partition coefficient (Wildman–Crippen LogP) is 1.25. The van der Waals surface area contributed by atoms with E-state index < -0.39 is 10.0 Å². The summed E-state index contributed by atoms with van der Waals surface area (Å²) in [6.45, 7) is 7.71. The van der Waals surface area contributed by atoms with Crippen molar-refractivity contribution in [1.29, 1.82) is 0 Å². The van der Waals surface area contributed by atoms with E-state index in [9.17, 15) is 8.42 Å². The number of rotatable bonds is 10. The molecule has 1 saturated carbocycles. The summed E-state index contributed by atoms with van der Waals surface area (Å²) in [5, 5.41) is 3.28. The fraction of sp³-hybridized carbons (Fsp3) is 1.00. The summed E-state index contributed by atoms with van der Waals surface area (Å²) in [5.74, 6) is 0.225. The van der Waals surface area contributed by atoms with E-state index >= 15 is 0 Å². The van der Waals surface area contributed by atoms with Crippen molar-refractivity contribution in [2.24, 2.45) is 0 Å². The molecule has 0 aromatic carbocycles. The van der Waals surface area contributed by atoms with Gasteiger partial charge >= 0.3 is 0 Å². The summed E-state index contributed by atoms with van der Waals surface area (Å²) in [6.07, 6.45) is 3.46. The van der Waals surface area contributed by atoms with Crippen LogP contribution >= 0.6 is 0 Å². The Kier molecular flexibility index (Phi) is 7.28. The van der Waals surface area contributed by atoms with Gasteiger partial charge in [0.25, 0.3) is 0 Å². The Bertz CT molecular complexity index is 338. The van der Waals surface area contributed by atoms with Gasteiger partial charge in [-0.15, -0.1) is 0 Å². The van der Waals surface area contributed by atoms with E-state index in [4.69, 9.17) is 4.74 Å². The Hall–Kier alpha value is -0.170. The molecule has 0 unspecified atom stereocenters. The molecule has 2 N–H and O–H groups in total. The lowest BCUT2D eigenvalue weighted by Crippen LogP contribution is -2.48. The minimum atomic E-state index is -3.11. The number of unbranched alkanes of at least 4 members (excludes halogenated alkanes) is 1. The first kappa shape index (κ1) is 16.9. The van der Waals surface area contributed by atoms with Gasteiger partial charge in [0.05, 0.1) is 11.9 Å². The molecule has 0 amide bonds. The molecule has 0 aromatic heterocycles. The molecule has 0 spiro atoms. The van der Waals surface area contributed by atoms with Crippen LogP contribution < -0.4 is 10.0 Å². The SMILES string of the molecule is CCOC1CC(NS(=O)(=O)CCCCNC(C)C)C1. The van der Waals surface area contributed by atoms with E-state index in [0.717, 1.165) is 25.8 Å².